The monoisotopic (exact) mass is 265 g/mol. The Hall–Kier alpha value is -1.93. The van der Waals surface area contributed by atoms with Crippen LogP contribution in [0.4, 0.5) is 0 Å². The molecule has 1 heterocycles. The molecule has 0 N–H and O–H groups in total. The summed E-state index contributed by atoms with van der Waals surface area (Å²) < 4.78 is 0. The average Bonchev–Trinajstić information content (AvgIpc) is 2.93. The fourth-order valence-corrected chi connectivity index (χ4v) is 3.28. The van der Waals surface area contributed by atoms with Gasteiger partial charge in [0.1, 0.15) is 5.01 Å². The predicted octanol–water partition coefficient (Wildman–Crippen LogP) is 5.04. The summed E-state index contributed by atoms with van der Waals surface area (Å²) in [5.74, 6) is 0. The van der Waals surface area contributed by atoms with Crippen molar-refractivity contribution in [3.05, 3.63) is 66.4 Å². The first-order valence-corrected chi connectivity index (χ1v) is 7.30. The van der Waals surface area contributed by atoms with Crippen LogP contribution in [0, 0.1) is 0 Å². The van der Waals surface area contributed by atoms with Gasteiger partial charge in [0.25, 0.3) is 0 Å². The van der Waals surface area contributed by atoms with E-state index in [4.69, 9.17) is 4.98 Å². The van der Waals surface area contributed by atoms with Crippen LogP contribution in [-0.2, 0) is 6.42 Å². The zero-order valence-corrected chi connectivity index (χ0v) is 11.7. The molecule has 2 aromatic carbocycles. The van der Waals surface area contributed by atoms with Crippen LogP contribution in [0.1, 0.15) is 12.6 Å². The van der Waals surface area contributed by atoms with Crippen molar-refractivity contribution < 1.29 is 0 Å². The molecular weight excluding hydrogens is 250 g/mol. The summed E-state index contributed by atoms with van der Waals surface area (Å²) in [5.41, 5.74) is 3.65. The Kier molecular flexibility index (Phi) is 3.43. The molecule has 0 amide bonds. The SMILES string of the molecule is CCc1nc(-c2ccccc2)sc1-c1ccccc1. The van der Waals surface area contributed by atoms with Crippen LogP contribution in [0.2, 0.25) is 0 Å². The van der Waals surface area contributed by atoms with Gasteiger partial charge in [0.15, 0.2) is 0 Å². The van der Waals surface area contributed by atoms with Gasteiger partial charge in [-0.15, -0.1) is 11.3 Å². The molecule has 3 rings (SSSR count). The molecule has 94 valence electrons. The molecule has 1 aromatic heterocycles. The Morgan fingerprint density at radius 3 is 2.00 bits per heavy atom. The van der Waals surface area contributed by atoms with Crippen LogP contribution in [0.15, 0.2) is 60.7 Å². The van der Waals surface area contributed by atoms with Gasteiger partial charge in [0.05, 0.1) is 10.6 Å². The molecule has 0 aliphatic carbocycles. The molecule has 1 nitrogen and oxygen atoms in total. The van der Waals surface area contributed by atoms with Crippen molar-refractivity contribution in [3.63, 3.8) is 0 Å². The summed E-state index contributed by atoms with van der Waals surface area (Å²) in [4.78, 5) is 6.09. The number of aryl methyl sites for hydroxylation is 1. The van der Waals surface area contributed by atoms with Crippen LogP contribution in [0.3, 0.4) is 0 Å². The third-order valence-electron chi connectivity index (χ3n) is 3.09. The van der Waals surface area contributed by atoms with Gasteiger partial charge in [0.2, 0.25) is 0 Å². The quantitative estimate of drug-likeness (QED) is 0.646. The van der Waals surface area contributed by atoms with Gasteiger partial charge in [-0.25, -0.2) is 4.98 Å². The minimum atomic E-state index is 0.966. The van der Waals surface area contributed by atoms with E-state index in [1.54, 1.807) is 11.3 Å². The number of aromatic nitrogens is 1. The Bertz CT molecular complexity index is 656. The minimum absolute atomic E-state index is 0.966. The van der Waals surface area contributed by atoms with E-state index in [1.165, 1.54) is 21.7 Å². The highest BCUT2D eigenvalue weighted by Gasteiger charge is 2.12. The molecule has 0 saturated carbocycles. The zero-order valence-electron chi connectivity index (χ0n) is 10.8. The molecule has 0 bridgehead atoms. The van der Waals surface area contributed by atoms with Crippen LogP contribution >= 0.6 is 11.3 Å². The lowest BCUT2D eigenvalue weighted by molar-refractivity contribution is 1.07. The van der Waals surface area contributed by atoms with Crippen LogP contribution in [0.25, 0.3) is 21.0 Å². The number of benzene rings is 2. The van der Waals surface area contributed by atoms with E-state index in [9.17, 15) is 0 Å². The van der Waals surface area contributed by atoms with Crippen LogP contribution < -0.4 is 0 Å². The summed E-state index contributed by atoms with van der Waals surface area (Å²) in [7, 11) is 0. The molecule has 2 heteroatoms. The molecule has 3 aromatic rings. The van der Waals surface area contributed by atoms with E-state index in [2.05, 4.69) is 55.5 Å². The molecule has 0 aliphatic rings. The highest BCUT2D eigenvalue weighted by atomic mass is 32.1. The molecule has 0 unspecified atom stereocenters. The van der Waals surface area contributed by atoms with Crippen molar-refractivity contribution in [2.24, 2.45) is 0 Å². The number of thiazole rings is 1. The molecule has 0 spiro atoms. The second-order valence-electron chi connectivity index (χ2n) is 4.38. The van der Waals surface area contributed by atoms with Crippen molar-refractivity contribution in [1.29, 1.82) is 0 Å². The first kappa shape index (κ1) is 12.1. The topological polar surface area (TPSA) is 12.9 Å². The Morgan fingerprint density at radius 1 is 0.842 bits per heavy atom. The smallest absolute Gasteiger partial charge is 0.124 e. The largest absolute Gasteiger partial charge is 0.240 e. The van der Waals surface area contributed by atoms with E-state index >= 15 is 0 Å². The average molecular weight is 265 g/mol. The summed E-state index contributed by atoms with van der Waals surface area (Å²) in [6.07, 6.45) is 0.966. The lowest BCUT2D eigenvalue weighted by Crippen LogP contribution is -1.84. The first-order valence-electron chi connectivity index (χ1n) is 6.49. The maximum atomic E-state index is 4.79. The Labute approximate surface area is 117 Å². The van der Waals surface area contributed by atoms with Gasteiger partial charge in [-0.2, -0.15) is 0 Å². The number of hydrogen-bond donors (Lipinski definition) is 0. The van der Waals surface area contributed by atoms with Crippen LogP contribution in [0.5, 0.6) is 0 Å². The van der Waals surface area contributed by atoms with E-state index in [-0.39, 0.29) is 0 Å². The fraction of sp³-hybridized carbons (Fsp3) is 0.118. The molecule has 19 heavy (non-hydrogen) atoms. The maximum absolute atomic E-state index is 4.79. The third-order valence-corrected chi connectivity index (χ3v) is 4.28. The molecule has 0 aliphatic heterocycles. The highest BCUT2D eigenvalue weighted by Crippen LogP contribution is 2.35. The molecule has 0 atom stereocenters. The van der Waals surface area contributed by atoms with Gasteiger partial charge in [-0.05, 0) is 12.0 Å². The van der Waals surface area contributed by atoms with Gasteiger partial charge < -0.3 is 0 Å². The summed E-state index contributed by atoms with van der Waals surface area (Å²) in [6, 6.07) is 20.9. The summed E-state index contributed by atoms with van der Waals surface area (Å²) >= 11 is 1.78. The molecule has 0 saturated heterocycles. The van der Waals surface area contributed by atoms with Gasteiger partial charge in [0, 0.05) is 5.56 Å². The minimum Gasteiger partial charge on any atom is -0.240 e. The summed E-state index contributed by atoms with van der Waals surface area (Å²) in [6.45, 7) is 2.16. The zero-order chi connectivity index (χ0) is 13.1. The first-order chi connectivity index (χ1) is 9.38. The fourth-order valence-electron chi connectivity index (χ4n) is 2.11. The van der Waals surface area contributed by atoms with Crippen molar-refractivity contribution in [2.75, 3.05) is 0 Å². The number of rotatable bonds is 3. The lowest BCUT2D eigenvalue weighted by Gasteiger charge is -1.98. The maximum Gasteiger partial charge on any atom is 0.124 e. The number of hydrogen-bond acceptors (Lipinski definition) is 2. The van der Waals surface area contributed by atoms with E-state index < -0.39 is 0 Å². The van der Waals surface area contributed by atoms with Crippen LogP contribution in [-0.4, -0.2) is 4.98 Å². The summed E-state index contributed by atoms with van der Waals surface area (Å²) in [5, 5.41) is 1.11. The second-order valence-corrected chi connectivity index (χ2v) is 5.38. The Balaban J connectivity index is 2.09. The van der Waals surface area contributed by atoms with Crippen molar-refractivity contribution in [1.82, 2.24) is 4.98 Å². The Morgan fingerprint density at radius 2 is 1.42 bits per heavy atom. The third kappa shape index (κ3) is 2.45. The van der Waals surface area contributed by atoms with E-state index in [1.807, 2.05) is 12.1 Å². The second kappa shape index (κ2) is 5.37. The predicted molar refractivity (Wildman–Crippen MR) is 82.4 cm³/mol. The highest BCUT2D eigenvalue weighted by molar-refractivity contribution is 7.18. The molecule has 0 fully saturated rings. The van der Waals surface area contributed by atoms with E-state index in [0.29, 0.717) is 0 Å². The lowest BCUT2D eigenvalue weighted by atomic mass is 10.1. The van der Waals surface area contributed by atoms with Crippen molar-refractivity contribution in [3.8, 4) is 21.0 Å². The van der Waals surface area contributed by atoms with E-state index in [0.717, 1.165) is 11.4 Å². The van der Waals surface area contributed by atoms with Crippen molar-refractivity contribution >= 4 is 11.3 Å². The van der Waals surface area contributed by atoms with Gasteiger partial charge >= 0.3 is 0 Å². The number of nitrogens with zero attached hydrogens (tertiary/aromatic N) is 1. The molecule has 0 radical (unpaired) electrons. The standard InChI is InChI=1S/C17H15NS/c1-2-15-16(13-9-5-3-6-10-13)19-17(18-15)14-11-7-4-8-12-14/h3-12H,2H2,1H3. The van der Waals surface area contributed by atoms with Gasteiger partial charge in [-0.1, -0.05) is 67.6 Å². The molecular formula is C17H15NS. The van der Waals surface area contributed by atoms with Gasteiger partial charge in [-0.3, -0.25) is 0 Å². The van der Waals surface area contributed by atoms with Crippen molar-refractivity contribution in [2.45, 2.75) is 13.3 Å². The normalized spacial score (nSPS) is 10.6.